The Hall–Kier alpha value is -1.31. The van der Waals surface area contributed by atoms with E-state index >= 15 is 0 Å². The number of rotatable bonds is 7. The van der Waals surface area contributed by atoms with Gasteiger partial charge in [0.2, 0.25) is 0 Å². The van der Waals surface area contributed by atoms with E-state index in [1.165, 1.54) is 38.5 Å². The normalized spacial score (nSPS) is 19.2. The predicted octanol–water partition coefficient (Wildman–Crippen LogP) is 5.60. The second-order valence-electron chi connectivity index (χ2n) is 6.93. The van der Waals surface area contributed by atoms with Crippen molar-refractivity contribution in [2.24, 2.45) is 11.8 Å². The van der Waals surface area contributed by atoms with Gasteiger partial charge in [-0.05, 0) is 74.5 Å². The SMILES string of the molecule is Cc1c(CC/C=C/C2CC2)ccc(OCC2CCCC2)c1F. The molecular weight excluding hydrogens is 275 g/mol. The lowest BCUT2D eigenvalue weighted by Gasteiger charge is -2.14. The Morgan fingerprint density at radius 1 is 1.18 bits per heavy atom. The van der Waals surface area contributed by atoms with E-state index in [4.69, 9.17) is 4.74 Å². The van der Waals surface area contributed by atoms with Crippen molar-refractivity contribution in [3.63, 3.8) is 0 Å². The van der Waals surface area contributed by atoms with Gasteiger partial charge >= 0.3 is 0 Å². The van der Waals surface area contributed by atoms with Gasteiger partial charge in [-0.15, -0.1) is 0 Å². The van der Waals surface area contributed by atoms with E-state index in [-0.39, 0.29) is 5.82 Å². The van der Waals surface area contributed by atoms with Crippen LogP contribution >= 0.6 is 0 Å². The van der Waals surface area contributed by atoms with Crippen LogP contribution in [0.4, 0.5) is 4.39 Å². The summed E-state index contributed by atoms with van der Waals surface area (Å²) in [7, 11) is 0. The molecule has 3 rings (SSSR count). The van der Waals surface area contributed by atoms with Crippen LogP contribution in [-0.2, 0) is 6.42 Å². The maximum Gasteiger partial charge on any atom is 0.168 e. The molecule has 22 heavy (non-hydrogen) atoms. The Labute approximate surface area is 133 Å². The minimum atomic E-state index is -0.165. The van der Waals surface area contributed by atoms with Gasteiger partial charge < -0.3 is 4.74 Å². The van der Waals surface area contributed by atoms with Crippen LogP contribution in [0.2, 0.25) is 0 Å². The fourth-order valence-electron chi connectivity index (χ4n) is 3.28. The molecule has 1 aromatic carbocycles. The number of hydrogen-bond acceptors (Lipinski definition) is 1. The molecule has 0 heterocycles. The van der Waals surface area contributed by atoms with Crippen LogP contribution in [0.15, 0.2) is 24.3 Å². The Balaban J connectivity index is 1.54. The molecular formula is C20H27FO. The van der Waals surface area contributed by atoms with E-state index in [1.807, 2.05) is 19.1 Å². The van der Waals surface area contributed by atoms with Gasteiger partial charge in [0.05, 0.1) is 6.61 Å². The highest BCUT2D eigenvalue weighted by molar-refractivity contribution is 5.37. The van der Waals surface area contributed by atoms with E-state index in [0.29, 0.717) is 18.3 Å². The molecule has 2 heteroatoms. The molecule has 2 aliphatic carbocycles. The van der Waals surface area contributed by atoms with E-state index in [9.17, 15) is 4.39 Å². The predicted molar refractivity (Wildman–Crippen MR) is 88.8 cm³/mol. The summed E-state index contributed by atoms with van der Waals surface area (Å²) in [4.78, 5) is 0. The molecule has 0 bridgehead atoms. The summed E-state index contributed by atoms with van der Waals surface area (Å²) in [6.07, 6.45) is 14.2. The first-order valence-corrected chi connectivity index (χ1v) is 8.81. The largest absolute Gasteiger partial charge is 0.490 e. The van der Waals surface area contributed by atoms with E-state index < -0.39 is 0 Å². The first-order valence-electron chi connectivity index (χ1n) is 8.81. The van der Waals surface area contributed by atoms with Crippen LogP contribution in [0, 0.1) is 24.6 Å². The number of ether oxygens (including phenoxy) is 1. The van der Waals surface area contributed by atoms with Crippen LogP contribution in [0.1, 0.15) is 56.1 Å². The number of halogens is 1. The molecule has 0 radical (unpaired) electrons. The van der Waals surface area contributed by atoms with Crippen LogP contribution in [-0.4, -0.2) is 6.61 Å². The molecule has 1 nitrogen and oxygen atoms in total. The standard InChI is InChI=1S/C20H27FO/c1-15-18(9-5-4-6-16-10-11-16)12-13-19(20(15)21)22-14-17-7-2-3-8-17/h4,6,12-13,16-17H,2-3,5,7-11,14H2,1H3/b6-4+. The Kier molecular flexibility index (Phi) is 5.17. The van der Waals surface area contributed by atoms with Crippen LogP contribution in [0.5, 0.6) is 5.75 Å². The van der Waals surface area contributed by atoms with Crippen molar-refractivity contribution in [2.75, 3.05) is 6.61 Å². The van der Waals surface area contributed by atoms with Crippen molar-refractivity contribution in [3.05, 3.63) is 41.2 Å². The van der Waals surface area contributed by atoms with Gasteiger partial charge in [-0.1, -0.05) is 31.1 Å². The number of hydrogen-bond donors (Lipinski definition) is 0. The van der Waals surface area contributed by atoms with Crippen molar-refractivity contribution >= 4 is 0 Å². The fraction of sp³-hybridized carbons (Fsp3) is 0.600. The molecule has 2 fully saturated rings. The molecule has 2 aliphatic rings. The molecule has 1 aromatic rings. The lowest BCUT2D eigenvalue weighted by Crippen LogP contribution is -2.09. The second-order valence-corrected chi connectivity index (χ2v) is 6.93. The number of aryl methyl sites for hydroxylation is 1. The zero-order valence-electron chi connectivity index (χ0n) is 13.6. The highest BCUT2D eigenvalue weighted by Crippen LogP contribution is 2.31. The van der Waals surface area contributed by atoms with Crippen LogP contribution < -0.4 is 4.74 Å². The monoisotopic (exact) mass is 302 g/mol. The maximum absolute atomic E-state index is 14.4. The Morgan fingerprint density at radius 3 is 2.68 bits per heavy atom. The molecule has 0 aliphatic heterocycles. The third kappa shape index (κ3) is 4.12. The minimum Gasteiger partial charge on any atom is -0.490 e. The second kappa shape index (κ2) is 7.30. The summed E-state index contributed by atoms with van der Waals surface area (Å²) in [6.45, 7) is 2.54. The third-order valence-corrected chi connectivity index (χ3v) is 5.02. The van der Waals surface area contributed by atoms with Gasteiger partial charge in [-0.25, -0.2) is 4.39 Å². The topological polar surface area (TPSA) is 9.23 Å². The molecule has 0 N–H and O–H groups in total. The van der Waals surface area contributed by atoms with E-state index in [1.54, 1.807) is 0 Å². The van der Waals surface area contributed by atoms with Crippen molar-refractivity contribution in [2.45, 2.75) is 58.3 Å². The zero-order valence-corrected chi connectivity index (χ0v) is 13.6. The lowest BCUT2D eigenvalue weighted by molar-refractivity contribution is 0.241. The van der Waals surface area contributed by atoms with Gasteiger partial charge in [0.25, 0.3) is 0 Å². The van der Waals surface area contributed by atoms with Crippen molar-refractivity contribution < 1.29 is 9.13 Å². The van der Waals surface area contributed by atoms with Crippen molar-refractivity contribution in [1.29, 1.82) is 0 Å². The van der Waals surface area contributed by atoms with E-state index in [0.717, 1.165) is 29.9 Å². The molecule has 0 amide bonds. The molecule has 0 aromatic heterocycles. The fourth-order valence-corrected chi connectivity index (χ4v) is 3.28. The molecule has 0 spiro atoms. The number of allylic oxidation sites excluding steroid dienone is 2. The van der Waals surface area contributed by atoms with Crippen molar-refractivity contribution in [1.82, 2.24) is 0 Å². The van der Waals surface area contributed by atoms with Gasteiger partial charge in [0.1, 0.15) is 0 Å². The Morgan fingerprint density at radius 2 is 1.95 bits per heavy atom. The highest BCUT2D eigenvalue weighted by Gasteiger charge is 2.18. The van der Waals surface area contributed by atoms with Gasteiger partial charge in [-0.2, -0.15) is 0 Å². The summed E-state index contributed by atoms with van der Waals surface area (Å²) < 4.78 is 20.2. The Bertz CT molecular complexity index is 525. The molecule has 0 unspecified atom stereocenters. The minimum absolute atomic E-state index is 0.165. The molecule has 2 saturated carbocycles. The first kappa shape index (κ1) is 15.6. The quantitative estimate of drug-likeness (QED) is 0.595. The van der Waals surface area contributed by atoms with E-state index in [2.05, 4.69) is 12.2 Å². The highest BCUT2D eigenvalue weighted by atomic mass is 19.1. The third-order valence-electron chi connectivity index (χ3n) is 5.02. The van der Waals surface area contributed by atoms with Gasteiger partial charge in [0.15, 0.2) is 11.6 Å². The van der Waals surface area contributed by atoms with Gasteiger partial charge in [0, 0.05) is 0 Å². The van der Waals surface area contributed by atoms with Crippen molar-refractivity contribution in [3.8, 4) is 5.75 Å². The molecule has 0 atom stereocenters. The van der Waals surface area contributed by atoms with Crippen LogP contribution in [0.3, 0.4) is 0 Å². The number of benzene rings is 1. The summed E-state index contributed by atoms with van der Waals surface area (Å²) >= 11 is 0. The molecule has 120 valence electrons. The smallest absolute Gasteiger partial charge is 0.168 e. The summed E-state index contributed by atoms with van der Waals surface area (Å²) in [5.41, 5.74) is 1.86. The zero-order chi connectivity index (χ0) is 15.4. The summed E-state index contributed by atoms with van der Waals surface area (Å²) in [5, 5.41) is 0. The van der Waals surface area contributed by atoms with Crippen LogP contribution in [0.25, 0.3) is 0 Å². The molecule has 0 saturated heterocycles. The van der Waals surface area contributed by atoms with Gasteiger partial charge in [-0.3, -0.25) is 0 Å². The average Bonchev–Trinajstić information content (AvgIpc) is 3.20. The average molecular weight is 302 g/mol. The lowest BCUT2D eigenvalue weighted by atomic mass is 10.0. The maximum atomic E-state index is 14.4. The summed E-state index contributed by atoms with van der Waals surface area (Å²) in [6, 6.07) is 3.85. The summed E-state index contributed by atoms with van der Waals surface area (Å²) in [5.74, 6) is 1.71. The first-order chi connectivity index (χ1) is 10.7.